The first-order valence-electron chi connectivity index (χ1n) is 6.73. The van der Waals surface area contributed by atoms with Crippen molar-refractivity contribution in [1.82, 2.24) is 4.90 Å². The molecule has 1 aliphatic carbocycles. The van der Waals surface area contributed by atoms with Crippen LogP contribution in [0.5, 0.6) is 0 Å². The number of likely N-dealkylation sites (tertiary alicyclic amines) is 1. The van der Waals surface area contributed by atoms with Gasteiger partial charge in [0.1, 0.15) is 0 Å². The van der Waals surface area contributed by atoms with Crippen LogP contribution in [0.4, 0.5) is 0 Å². The van der Waals surface area contributed by atoms with E-state index in [0.717, 1.165) is 38.1 Å². The van der Waals surface area contributed by atoms with Crippen LogP contribution in [0.2, 0.25) is 0 Å². The minimum absolute atomic E-state index is 0.249. The molecule has 2 rings (SSSR count). The highest BCUT2D eigenvalue weighted by Crippen LogP contribution is 2.30. The average Bonchev–Trinajstić information content (AvgIpc) is 2.32. The molecular formula is C13H22N2O2. The zero-order valence-corrected chi connectivity index (χ0v) is 10.6. The summed E-state index contributed by atoms with van der Waals surface area (Å²) in [4.78, 5) is 14.0. The standard InChI is InChI=1S/C13H22N2O2/c1-2-11-9-15(7-6-12(11)14-17)13(16)8-10-4-3-5-10/h10-11,17H,2-9H2,1H3. The summed E-state index contributed by atoms with van der Waals surface area (Å²) in [7, 11) is 0. The molecule has 1 N–H and O–H groups in total. The van der Waals surface area contributed by atoms with E-state index in [0.29, 0.717) is 11.8 Å². The maximum absolute atomic E-state index is 12.1. The maximum Gasteiger partial charge on any atom is 0.222 e. The van der Waals surface area contributed by atoms with Crippen LogP contribution in [0.25, 0.3) is 0 Å². The molecule has 1 heterocycles. The third kappa shape index (κ3) is 2.79. The zero-order chi connectivity index (χ0) is 12.3. The number of oxime groups is 1. The highest BCUT2D eigenvalue weighted by molar-refractivity contribution is 5.89. The number of piperidine rings is 1. The molecule has 17 heavy (non-hydrogen) atoms. The number of hydrogen-bond acceptors (Lipinski definition) is 3. The Labute approximate surface area is 103 Å². The second-order valence-corrected chi connectivity index (χ2v) is 5.29. The lowest BCUT2D eigenvalue weighted by molar-refractivity contribution is -0.133. The van der Waals surface area contributed by atoms with Gasteiger partial charge in [0.2, 0.25) is 5.91 Å². The quantitative estimate of drug-likeness (QED) is 0.605. The molecule has 2 fully saturated rings. The first-order valence-corrected chi connectivity index (χ1v) is 6.73. The van der Waals surface area contributed by atoms with Gasteiger partial charge in [0, 0.05) is 31.8 Å². The van der Waals surface area contributed by atoms with Gasteiger partial charge in [-0.05, 0) is 25.2 Å². The van der Waals surface area contributed by atoms with E-state index in [1.54, 1.807) is 0 Å². The van der Waals surface area contributed by atoms with Crippen molar-refractivity contribution in [3.8, 4) is 0 Å². The highest BCUT2D eigenvalue weighted by Gasteiger charge is 2.29. The summed E-state index contributed by atoms with van der Waals surface area (Å²) in [6, 6.07) is 0. The summed E-state index contributed by atoms with van der Waals surface area (Å²) < 4.78 is 0. The van der Waals surface area contributed by atoms with Crippen LogP contribution in [-0.2, 0) is 4.79 Å². The molecule has 4 heteroatoms. The smallest absolute Gasteiger partial charge is 0.222 e. The summed E-state index contributed by atoms with van der Waals surface area (Å²) in [6.07, 6.45) is 6.12. The van der Waals surface area contributed by atoms with Gasteiger partial charge < -0.3 is 10.1 Å². The van der Waals surface area contributed by atoms with Crippen LogP contribution in [0.3, 0.4) is 0 Å². The van der Waals surface area contributed by atoms with Gasteiger partial charge in [0.25, 0.3) is 0 Å². The predicted molar refractivity (Wildman–Crippen MR) is 66.2 cm³/mol. The molecule has 0 bridgehead atoms. The first-order chi connectivity index (χ1) is 8.24. The van der Waals surface area contributed by atoms with Gasteiger partial charge in [-0.15, -0.1) is 0 Å². The van der Waals surface area contributed by atoms with Crippen LogP contribution in [-0.4, -0.2) is 34.8 Å². The molecular weight excluding hydrogens is 216 g/mol. The number of amides is 1. The van der Waals surface area contributed by atoms with Gasteiger partial charge in [-0.2, -0.15) is 0 Å². The Bertz CT molecular complexity index is 311. The van der Waals surface area contributed by atoms with Gasteiger partial charge >= 0.3 is 0 Å². The molecule has 1 atom stereocenters. The van der Waals surface area contributed by atoms with Crippen LogP contribution in [0, 0.1) is 11.8 Å². The molecule has 96 valence electrons. The summed E-state index contributed by atoms with van der Waals surface area (Å²) in [5.74, 6) is 1.18. The van der Waals surface area contributed by atoms with Crippen molar-refractivity contribution in [2.75, 3.05) is 13.1 Å². The number of carbonyl (C=O) groups is 1. The minimum Gasteiger partial charge on any atom is -0.411 e. The first kappa shape index (κ1) is 12.4. The third-order valence-corrected chi connectivity index (χ3v) is 4.21. The highest BCUT2D eigenvalue weighted by atomic mass is 16.4. The van der Waals surface area contributed by atoms with Crippen molar-refractivity contribution in [3.63, 3.8) is 0 Å². The Balaban J connectivity index is 1.87. The zero-order valence-electron chi connectivity index (χ0n) is 10.6. The number of rotatable bonds is 3. The topological polar surface area (TPSA) is 52.9 Å². The van der Waals surface area contributed by atoms with Crippen molar-refractivity contribution < 1.29 is 10.0 Å². The van der Waals surface area contributed by atoms with E-state index in [2.05, 4.69) is 12.1 Å². The van der Waals surface area contributed by atoms with Crippen molar-refractivity contribution in [2.45, 2.75) is 45.4 Å². The molecule has 1 aliphatic heterocycles. The number of nitrogens with zero attached hydrogens (tertiary/aromatic N) is 2. The van der Waals surface area contributed by atoms with Crippen LogP contribution < -0.4 is 0 Å². The number of carbonyl (C=O) groups excluding carboxylic acids is 1. The molecule has 1 amide bonds. The lowest BCUT2D eigenvalue weighted by atomic mass is 9.82. The van der Waals surface area contributed by atoms with E-state index < -0.39 is 0 Å². The monoisotopic (exact) mass is 238 g/mol. The van der Waals surface area contributed by atoms with Crippen LogP contribution in [0.1, 0.15) is 45.4 Å². The van der Waals surface area contributed by atoms with Gasteiger partial charge in [0.15, 0.2) is 0 Å². The maximum atomic E-state index is 12.1. The normalized spacial score (nSPS) is 28.2. The molecule has 2 aliphatic rings. The fraction of sp³-hybridized carbons (Fsp3) is 0.846. The average molecular weight is 238 g/mol. The molecule has 0 aromatic rings. The molecule has 1 saturated heterocycles. The van der Waals surface area contributed by atoms with Gasteiger partial charge in [0.05, 0.1) is 5.71 Å². The molecule has 1 unspecified atom stereocenters. The SMILES string of the molecule is CCC1CN(C(=O)CC2CCC2)CCC1=NO. The van der Waals surface area contributed by atoms with E-state index >= 15 is 0 Å². The van der Waals surface area contributed by atoms with E-state index in [1.807, 2.05) is 4.90 Å². The second kappa shape index (κ2) is 5.52. The Morgan fingerprint density at radius 2 is 2.29 bits per heavy atom. The number of hydrogen-bond donors (Lipinski definition) is 1. The Morgan fingerprint density at radius 3 is 2.82 bits per heavy atom. The molecule has 4 nitrogen and oxygen atoms in total. The predicted octanol–water partition coefficient (Wildman–Crippen LogP) is 2.27. The summed E-state index contributed by atoms with van der Waals surface area (Å²) in [5.41, 5.74) is 0.861. The van der Waals surface area contributed by atoms with Crippen molar-refractivity contribution >= 4 is 11.6 Å². The van der Waals surface area contributed by atoms with Gasteiger partial charge in [-0.3, -0.25) is 4.79 Å². The van der Waals surface area contributed by atoms with Gasteiger partial charge in [-0.1, -0.05) is 18.5 Å². The van der Waals surface area contributed by atoms with Crippen molar-refractivity contribution in [3.05, 3.63) is 0 Å². The fourth-order valence-electron chi connectivity index (χ4n) is 2.71. The van der Waals surface area contributed by atoms with E-state index in [4.69, 9.17) is 5.21 Å². The molecule has 0 aromatic heterocycles. The molecule has 0 aromatic carbocycles. The lowest BCUT2D eigenvalue weighted by Crippen LogP contribution is -2.44. The van der Waals surface area contributed by atoms with Crippen LogP contribution >= 0.6 is 0 Å². The summed E-state index contributed by atoms with van der Waals surface area (Å²) >= 11 is 0. The lowest BCUT2D eigenvalue weighted by Gasteiger charge is -2.35. The molecule has 0 spiro atoms. The van der Waals surface area contributed by atoms with E-state index in [1.165, 1.54) is 19.3 Å². The van der Waals surface area contributed by atoms with Crippen molar-refractivity contribution in [1.29, 1.82) is 0 Å². The van der Waals surface area contributed by atoms with Crippen LogP contribution in [0.15, 0.2) is 5.16 Å². The second-order valence-electron chi connectivity index (χ2n) is 5.29. The third-order valence-electron chi connectivity index (χ3n) is 4.21. The summed E-state index contributed by atoms with van der Waals surface area (Å²) in [6.45, 7) is 3.54. The molecule has 0 radical (unpaired) electrons. The van der Waals surface area contributed by atoms with Gasteiger partial charge in [-0.25, -0.2) is 0 Å². The Morgan fingerprint density at radius 1 is 1.53 bits per heavy atom. The Hall–Kier alpha value is -1.06. The largest absolute Gasteiger partial charge is 0.411 e. The van der Waals surface area contributed by atoms with E-state index in [-0.39, 0.29) is 5.92 Å². The van der Waals surface area contributed by atoms with Crippen molar-refractivity contribution in [2.24, 2.45) is 17.0 Å². The Kier molecular flexibility index (Phi) is 4.02. The minimum atomic E-state index is 0.249. The fourth-order valence-corrected chi connectivity index (χ4v) is 2.71. The van der Waals surface area contributed by atoms with E-state index in [9.17, 15) is 4.79 Å². The molecule has 1 saturated carbocycles. The summed E-state index contributed by atoms with van der Waals surface area (Å²) in [5, 5.41) is 12.3.